The number of hydrogen-bond donors (Lipinski definition) is 1. The first-order chi connectivity index (χ1) is 13.9. The van der Waals surface area contributed by atoms with E-state index in [4.69, 9.17) is 4.74 Å². The fraction of sp³-hybridized carbons (Fsp3) is 0.0476. The molecule has 3 aromatic rings. The van der Waals surface area contributed by atoms with Gasteiger partial charge < -0.3 is 10.1 Å². The van der Waals surface area contributed by atoms with Crippen molar-refractivity contribution in [2.45, 2.75) is 16.7 Å². The summed E-state index contributed by atoms with van der Waals surface area (Å²) in [5.74, 6) is -0.328. The van der Waals surface area contributed by atoms with Gasteiger partial charge in [0.05, 0.1) is 4.92 Å². The first kappa shape index (κ1) is 20.1. The van der Waals surface area contributed by atoms with Crippen LogP contribution in [-0.4, -0.2) is 16.8 Å². The lowest BCUT2D eigenvalue weighted by atomic mass is 10.2. The Morgan fingerprint density at radius 3 is 1.97 bits per heavy atom. The second-order valence-electron chi connectivity index (χ2n) is 5.95. The second-order valence-corrected chi connectivity index (χ2v) is 7.10. The number of nitrogens with one attached hydrogen (secondary N) is 1. The Morgan fingerprint density at radius 1 is 0.897 bits per heavy atom. The molecule has 0 saturated carbocycles. The van der Waals surface area contributed by atoms with Crippen molar-refractivity contribution in [2.75, 3.05) is 5.32 Å². The van der Waals surface area contributed by atoms with E-state index in [1.807, 2.05) is 12.1 Å². The van der Waals surface area contributed by atoms with Crippen molar-refractivity contribution in [3.05, 3.63) is 88.5 Å². The second kappa shape index (κ2) is 9.03. The monoisotopic (exact) mass is 408 g/mol. The molecule has 3 rings (SSSR count). The van der Waals surface area contributed by atoms with Crippen LogP contribution in [0, 0.1) is 10.1 Å². The third-order valence-electron chi connectivity index (χ3n) is 3.77. The standard InChI is InChI=1S/C21H16N2O5S/c1-14(24)28-18-8-2-15(3-9-18)21(25)22-16-4-10-19(11-5-16)29-20-12-6-17(7-13-20)23(26)27/h2-13H,1H3,(H,22,25). The number of non-ortho nitro benzene ring substituents is 1. The number of esters is 1. The predicted octanol–water partition coefficient (Wildman–Crippen LogP) is 4.92. The maximum Gasteiger partial charge on any atom is 0.308 e. The normalized spacial score (nSPS) is 10.2. The summed E-state index contributed by atoms with van der Waals surface area (Å²) in [6, 6.07) is 19.8. The smallest absolute Gasteiger partial charge is 0.308 e. The molecule has 0 aliphatic carbocycles. The van der Waals surface area contributed by atoms with E-state index in [0.29, 0.717) is 17.0 Å². The molecular formula is C21H16N2O5S. The molecule has 7 nitrogen and oxygen atoms in total. The van der Waals surface area contributed by atoms with Crippen LogP contribution in [0.5, 0.6) is 5.75 Å². The van der Waals surface area contributed by atoms with Crippen molar-refractivity contribution < 1.29 is 19.2 Å². The van der Waals surface area contributed by atoms with Gasteiger partial charge in [-0.3, -0.25) is 19.7 Å². The summed E-state index contributed by atoms with van der Waals surface area (Å²) in [7, 11) is 0. The number of amides is 1. The molecule has 29 heavy (non-hydrogen) atoms. The Balaban J connectivity index is 1.60. The van der Waals surface area contributed by atoms with Gasteiger partial charge in [0, 0.05) is 40.1 Å². The van der Waals surface area contributed by atoms with Crippen molar-refractivity contribution >= 4 is 35.0 Å². The molecule has 0 atom stereocenters. The van der Waals surface area contributed by atoms with Crippen LogP contribution in [0.15, 0.2) is 82.6 Å². The molecule has 0 bridgehead atoms. The molecule has 0 aliphatic heterocycles. The zero-order valence-corrected chi connectivity index (χ0v) is 16.1. The SMILES string of the molecule is CC(=O)Oc1ccc(C(=O)Nc2ccc(Sc3ccc([N+](=O)[O-])cc3)cc2)cc1. The minimum absolute atomic E-state index is 0.0494. The zero-order chi connectivity index (χ0) is 20.8. The molecule has 1 amide bonds. The lowest BCUT2D eigenvalue weighted by molar-refractivity contribution is -0.384. The molecular weight excluding hydrogens is 392 g/mol. The molecule has 0 spiro atoms. The van der Waals surface area contributed by atoms with E-state index in [2.05, 4.69) is 5.32 Å². The number of carbonyl (C=O) groups excluding carboxylic acids is 2. The van der Waals surface area contributed by atoms with Gasteiger partial charge in [0.2, 0.25) is 0 Å². The van der Waals surface area contributed by atoms with Gasteiger partial charge >= 0.3 is 5.97 Å². The van der Waals surface area contributed by atoms with Gasteiger partial charge in [-0.1, -0.05) is 11.8 Å². The highest BCUT2D eigenvalue weighted by Crippen LogP contribution is 2.29. The molecule has 0 aliphatic rings. The van der Waals surface area contributed by atoms with Crippen LogP contribution in [-0.2, 0) is 4.79 Å². The highest BCUT2D eigenvalue weighted by molar-refractivity contribution is 7.99. The van der Waals surface area contributed by atoms with Crippen LogP contribution < -0.4 is 10.1 Å². The van der Waals surface area contributed by atoms with Gasteiger partial charge in [-0.25, -0.2) is 0 Å². The number of nitro benzene ring substituents is 1. The highest BCUT2D eigenvalue weighted by Gasteiger charge is 2.08. The van der Waals surface area contributed by atoms with Gasteiger partial charge in [0.15, 0.2) is 0 Å². The van der Waals surface area contributed by atoms with Crippen molar-refractivity contribution in [3.63, 3.8) is 0 Å². The maximum absolute atomic E-state index is 12.3. The van der Waals surface area contributed by atoms with E-state index < -0.39 is 10.9 Å². The first-order valence-corrected chi connectivity index (χ1v) is 9.34. The predicted molar refractivity (Wildman–Crippen MR) is 109 cm³/mol. The lowest BCUT2D eigenvalue weighted by Crippen LogP contribution is -2.11. The van der Waals surface area contributed by atoms with Crippen molar-refractivity contribution in [2.24, 2.45) is 0 Å². The summed E-state index contributed by atoms with van der Waals surface area (Å²) in [5.41, 5.74) is 1.12. The molecule has 0 saturated heterocycles. The molecule has 0 fully saturated rings. The molecule has 146 valence electrons. The van der Waals surface area contributed by atoms with Gasteiger partial charge in [-0.15, -0.1) is 0 Å². The summed E-state index contributed by atoms with van der Waals surface area (Å²) >= 11 is 1.46. The summed E-state index contributed by atoms with van der Waals surface area (Å²) in [6.45, 7) is 1.31. The molecule has 0 unspecified atom stereocenters. The minimum Gasteiger partial charge on any atom is -0.427 e. The summed E-state index contributed by atoms with van der Waals surface area (Å²) in [4.78, 5) is 35.3. The average molecular weight is 408 g/mol. The topological polar surface area (TPSA) is 98.5 Å². The third-order valence-corrected chi connectivity index (χ3v) is 4.79. The minimum atomic E-state index is -0.435. The van der Waals surface area contributed by atoms with E-state index in [1.165, 1.54) is 30.8 Å². The van der Waals surface area contributed by atoms with Crippen LogP contribution in [0.2, 0.25) is 0 Å². The molecule has 3 aromatic carbocycles. The van der Waals surface area contributed by atoms with Crippen molar-refractivity contribution in [1.82, 2.24) is 0 Å². The number of nitrogens with zero attached hydrogens (tertiary/aromatic N) is 1. The van der Waals surface area contributed by atoms with Crippen molar-refractivity contribution in [3.8, 4) is 5.75 Å². The van der Waals surface area contributed by atoms with Crippen LogP contribution in [0.4, 0.5) is 11.4 Å². The summed E-state index contributed by atoms with van der Waals surface area (Å²) < 4.78 is 4.94. The van der Waals surface area contributed by atoms with Gasteiger partial charge in [-0.05, 0) is 60.7 Å². The maximum atomic E-state index is 12.3. The lowest BCUT2D eigenvalue weighted by Gasteiger charge is -2.07. The van der Waals surface area contributed by atoms with Crippen molar-refractivity contribution in [1.29, 1.82) is 0 Å². The number of ether oxygens (including phenoxy) is 1. The fourth-order valence-electron chi connectivity index (χ4n) is 2.42. The van der Waals surface area contributed by atoms with Gasteiger partial charge in [-0.2, -0.15) is 0 Å². The Morgan fingerprint density at radius 2 is 1.45 bits per heavy atom. The Hall–Kier alpha value is -3.65. The molecule has 1 N–H and O–H groups in total. The van der Waals surface area contributed by atoms with E-state index >= 15 is 0 Å². The number of anilines is 1. The highest BCUT2D eigenvalue weighted by atomic mass is 32.2. The quantitative estimate of drug-likeness (QED) is 0.269. The number of benzene rings is 3. The third kappa shape index (κ3) is 5.66. The van der Waals surface area contributed by atoms with E-state index in [1.54, 1.807) is 48.5 Å². The fourth-order valence-corrected chi connectivity index (χ4v) is 3.24. The van der Waals surface area contributed by atoms with Crippen LogP contribution in [0.25, 0.3) is 0 Å². The number of hydrogen-bond acceptors (Lipinski definition) is 6. The van der Waals surface area contributed by atoms with E-state index in [9.17, 15) is 19.7 Å². The van der Waals surface area contributed by atoms with Crippen LogP contribution in [0.1, 0.15) is 17.3 Å². The van der Waals surface area contributed by atoms with Crippen LogP contribution in [0.3, 0.4) is 0 Å². The van der Waals surface area contributed by atoms with E-state index in [-0.39, 0.29) is 11.6 Å². The first-order valence-electron chi connectivity index (χ1n) is 8.53. The largest absolute Gasteiger partial charge is 0.427 e. The Kier molecular flexibility index (Phi) is 6.25. The number of carbonyl (C=O) groups is 2. The molecule has 8 heteroatoms. The molecule has 0 aromatic heterocycles. The molecule has 0 heterocycles. The zero-order valence-electron chi connectivity index (χ0n) is 15.3. The number of rotatable bonds is 6. The van der Waals surface area contributed by atoms with E-state index in [0.717, 1.165) is 9.79 Å². The van der Waals surface area contributed by atoms with Crippen LogP contribution >= 0.6 is 11.8 Å². The summed E-state index contributed by atoms with van der Waals surface area (Å²) in [6.07, 6.45) is 0. The van der Waals surface area contributed by atoms with Gasteiger partial charge in [0.25, 0.3) is 11.6 Å². The Labute approximate surface area is 170 Å². The summed E-state index contributed by atoms with van der Waals surface area (Å²) in [5, 5.41) is 13.5. The average Bonchev–Trinajstić information content (AvgIpc) is 2.70. The number of nitro groups is 1. The van der Waals surface area contributed by atoms with Gasteiger partial charge in [0.1, 0.15) is 5.75 Å². The molecule has 0 radical (unpaired) electrons. The Bertz CT molecular complexity index is 1030.